The van der Waals surface area contributed by atoms with Crippen molar-refractivity contribution < 1.29 is 48.5 Å². The second-order valence-corrected chi connectivity index (χ2v) is 14.6. The lowest BCUT2D eigenvalue weighted by atomic mass is 9.90. The van der Waals surface area contributed by atoms with Crippen molar-refractivity contribution in [3.05, 3.63) is 29.3 Å². The normalized spacial score (nSPS) is 20.2. The second-order valence-electron chi connectivity index (χ2n) is 14.6. The van der Waals surface area contributed by atoms with Gasteiger partial charge in [-0.25, -0.2) is 4.79 Å². The fourth-order valence-electron chi connectivity index (χ4n) is 6.55. The van der Waals surface area contributed by atoms with E-state index in [4.69, 9.17) is 15.2 Å². The summed E-state index contributed by atoms with van der Waals surface area (Å²) in [6.45, 7) is 8.23. The van der Waals surface area contributed by atoms with Crippen molar-refractivity contribution in [2.75, 3.05) is 0 Å². The summed E-state index contributed by atoms with van der Waals surface area (Å²) in [6, 6.07) is 1.66. The van der Waals surface area contributed by atoms with E-state index < -0.39 is 66.1 Å². The highest BCUT2D eigenvalue weighted by Crippen LogP contribution is 2.30. The van der Waals surface area contributed by atoms with Crippen LogP contribution in [-0.2, 0) is 39.9 Å². The van der Waals surface area contributed by atoms with Crippen LogP contribution in [0.15, 0.2) is 18.2 Å². The molecular weight excluding hydrogens is 660 g/mol. The van der Waals surface area contributed by atoms with Gasteiger partial charge < -0.3 is 41.4 Å². The number of rotatable bonds is 21. The van der Waals surface area contributed by atoms with Crippen molar-refractivity contribution in [2.24, 2.45) is 17.6 Å². The van der Waals surface area contributed by atoms with Crippen LogP contribution in [0.3, 0.4) is 0 Å². The van der Waals surface area contributed by atoms with Crippen molar-refractivity contribution in [1.29, 1.82) is 0 Å². The first-order chi connectivity index (χ1) is 24.2. The highest BCUT2D eigenvalue weighted by Gasteiger charge is 2.45. The molecule has 4 amide bonds. The first-order valence-corrected chi connectivity index (χ1v) is 18.2. The number of benzene rings is 1. The predicted molar refractivity (Wildman–Crippen MR) is 187 cm³/mol. The Morgan fingerprint density at radius 1 is 0.863 bits per heavy atom. The molecule has 3 rings (SSSR count). The van der Waals surface area contributed by atoms with Gasteiger partial charge in [0.25, 0.3) is 5.91 Å². The smallest absolute Gasteiger partial charge is 0.342 e. The summed E-state index contributed by atoms with van der Waals surface area (Å²) in [6.07, 6.45) is 3.13. The van der Waals surface area contributed by atoms with Crippen LogP contribution in [0.1, 0.15) is 121 Å². The summed E-state index contributed by atoms with van der Waals surface area (Å²) in [4.78, 5) is 76.2. The number of hydrogen-bond donors (Lipinski definition) is 6. The van der Waals surface area contributed by atoms with E-state index in [-0.39, 0.29) is 55.2 Å². The third kappa shape index (κ3) is 13.1. The number of primary amides is 1. The van der Waals surface area contributed by atoms with Crippen molar-refractivity contribution in [3.63, 3.8) is 0 Å². The molecule has 0 spiro atoms. The number of aliphatic hydroxyl groups is 1. The number of nitrogens with two attached hydrogens (primary N) is 1. The molecule has 2 aliphatic heterocycles. The molecule has 7 N–H and O–H groups in total. The van der Waals surface area contributed by atoms with Crippen molar-refractivity contribution in [1.82, 2.24) is 16.0 Å². The van der Waals surface area contributed by atoms with E-state index in [1.54, 1.807) is 12.1 Å². The van der Waals surface area contributed by atoms with Crippen LogP contribution < -0.4 is 21.7 Å². The molecule has 0 saturated carbocycles. The van der Waals surface area contributed by atoms with Gasteiger partial charge in [-0.05, 0) is 42.7 Å². The molecule has 0 radical (unpaired) electrons. The van der Waals surface area contributed by atoms with Gasteiger partial charge in [-0.15, -0.1) is 0 Å². The molecule has 1 saturated heterocycles. The monoisotopic (exact) mass is 716 g/mol. The standard InChI is InChI=1S/C37H56N4O10/c1-21(2)12-9-7-5-6-8-10-15-30(44)39-24(16-17-29(38)43)35(47)41-26-20-31(45)51-34(26)33(46)36(48)40-25(18-22(3)4)28-19-23-13-11-14-27(42)32(23)37(49)50-28/h11,13-14,21-22,24-26,28,33-34,42,46H,5-10,12,15-20H2,1-4H3,(H2,38,43)(H,39,44)(H,40,48)(H,41,47). The lowest BCUT2D eigenvalue weighted by Crippen LogP contribution is -2.57. The maximum Gasteiger partial charge on any atom is 0.342 e. The van der Waals surface area contributed by atoms with Gasteiger partial charge in [0, 0.05) is 19.3 Å². The summed E-state index contributed by atoms with van der Waals surface area (Å²) < 4.78 is 10.9. The van der Waals surface area contributed by atoms with E-state index >= 15 is 0 Å². The Morgan fingerprint density at radius 3 is 2.22 bits per heavy atom. The summed E-state index contributed by atoms with van der Waals surface area (Å²) in [5.41, 5.74) is 5.93. The Balaban J connectivity index is 1.61. The van der Waals surface area contributed by atoms with E-state index in [1.807, 2.05) is 13.8 Å². The van der Waals surface area contributed by atoms with Crippen LogP contribution in [-0.4, -0.2) is 82.2 Å². The molecule has 6 unspecified atom stereocenters. The Kier molecular flexibility index (Phi) is 16.2. The average molecular weight is 717 g/mol. The largest absolute Gasteiger partial charge is 0.507 e. The molecule has 0 aliphatic carbocycles. The zero-order valence-corrected chi connectivity index (χ0v) is 30.3. The molecule has 0 aromatic heterocycles. The van der Waals surface area contributed by atoms with E-state index in [0.717, 1.165) is 25.7 Å². The molecule has 14 nitrogen and oxygen atoms in total. The number of aliphatic hydroxyl groups excluding tert-OH is 1. The number of hydrogen-bond acceptors (Lipinski definition) is 10. The number of carbonyl (C=O) groups excluding carboxylic acids is 6. The molecule has 2 heterocycles. The fraction of sp³-hybridized carbons (Fsp3) is 0.676. The van der Waals surface area contributed by atoms with Crippen molar-refractivity contribution >= 4 is 35.6 Å². The van der Waals surface area contributed by atoms with E-state index in [9.17, 15) is 39.0 Å². The molecular formula is C37H56N4O10. The van der Waals surface area contributed by atoms with Gasteiger partial charge in [-0.3, -0.25) is 24.0 Å². The quantitative estimate of drug-likeness (QED) is 0.0806. The molecule has 0 bridgehead atoms. The molecule has 14 heteroatoms. The van der Waals surface area contributed by atoms with Crippen LogP contribution in [0.25, 0.3) is 0 Å². The van der Waals surface area contributed by atoms with Gasteiger partial charge in [0.1, 0.15) is 23.5 Å². The van der Waals surface area contributed by atoms with Crippen molar-refractivity contribution in [3.8, 4) is 5.75 Å². The highest BCUT2D eigenvalue weighted by molar-refractivity contribution is 5.95. The Labute approximate surface area is 300 Å². The number of unbranched alkanes of at least 4 members (excludes halogenated alkanes) is 5. The third-order valence-electron chi connectivity index (χ3n) is 9.24. The van der Waals surface area contributed by atoms with Gasteiger partial charge in [0.05, 0.1) is 18.5 Å². The first-order valence-electron chi connectivity index (χ1n) is 18.2. The lowest BCUT2D eigenvalue weighted by molar-refractivity contribution is -0.151. The van der Waals surface area contributed by atoms with Gasteiger partial charge in [0.2, 0.25) is 17.7 Å². The van der Waals surface area contributed by atoms with Crippen LogP contribution >= 0.6 is 0 Å². The summed E-state index contributed by atoms with van der Waals surface area (Å²) in [7, 11) is 0. The average Bonchev–Trinajstić information content (AvgIpc) is 3.42. The fourth-order valence-corrected chi connectivity index (χ4v) is 6.55. The van der Waals surface area contributed by atoms with Gasteiger partial charge in [-0.1, -0.05) is 78.4 Å². The number of amides is 4. The van der Waals surface area contributed by atoms with Gasteiger partial charge >= 0.3 is 11.9 Å². The number of fused-ring (bicyclic) bond motifs is 1. The molecule has 1 aromatic carbocycles. The minimum absolute atomic E-state index is 0.0418. The summed E-state index contributed by atoms with van der Waals surface area (Å²) in [5, 5.41) is 29.3. The first kappa shape index (κ1) is 41.2. The summed E-state index contributed by atoms with van der Waals surface area (Å²) >= 11 is 0. The molecule has 6 atom stereocenters. The van der Waals surface area contributed by atoms with Gasteiger partial charge in [0.15, 0.2) is 12.2 Å². The molecule has 51 heavy (non-hydrogen) atoms. The predicted octanol–water partition coefficient (Wildman–Crippen LogP) is 2.69. The topological polar surface area (TPSA) is 223 Å². The van der Waals surface area contributed by atoms with Gasteiger partial charge in [-0.2, -0.15) is 0 Å². The highest BCUT2D eigenvalue weighted by atomic mass is 16.6. The lowest BCUT2D eigenvalue weighted by Gasteiger charge is -2.34. The molecule has 284 valence electrons. The number of phenolic OH excluding ortho intramolecular Hbond substituents is 1. The zero-order chi connectivity index (χ0) is 37.7. The van der Waals surface area contributed by atoms with Crippen molar-refractivity contribution in [2.45, 2.75) is 148 Å². The maximum atomic E-state index is 13.4. The Morgan fingerprint density at radius 2 is 1.55 bits per heavy atom. The summed E-state index contributed by atoms with van der Waals surface area (Å²) in [5.74, 6) is -3.63. The number of esters is 2. The van der Waals surface area contributed by atoms with Crippen LogP contribution in [0.4, 0.5) is 0 Å². The number of phenols is 1. The number of cyclic esters (lactones) is 2. The van der Waals surface area contributed by atoms with Crippen LogP contribution in [0.2, 0.25) is 0 Å². The van der Waals surface area contributed by atoms with Crippen LogP contribution in [0.5, 0.6) is 5.75 Å². The number of ether oxygens (including phenoxy) is 2. The van der Waals surface area contributed by atoms with Crippen LogP contribution in [0, 0.1) is 11.8 Å². The minimum atomic E-state index is -1.91. The zero-order valence-electron chi connectivity index (χ0n) is 30.3. The Hall–Kier alpha value is -4.20. The number of nitrogens with one attached hydrogen (secondary N) is 3. The number of carbonyl (C=O) groups is 6. The maximum absolute atomic E-state index is 13.4. The minimum Gasteiger partial charge on any atom is -0.507 e. The van der Waals surface area contributed by atoms with E-state index in [1.165, 1.54) is 18.9 Å². The molecule has 1 fully saturated rings. The SMILES string of the molecule is CC(C)CCCCCCCCC(=O)NC(CCC(N)=O)C(=O)NC1CC(=O)OC1C(O)C(=O)NC(CC(C)C)C1Cc2cccc(O)c2C(=O)O1. The molecule has 1 aromatic rings. The third-order valence-corrected chi connectivity index (χ3v) is 9.24. The Bertz CT molecular complexity index is 1380. The van der Waals surface area contributed by atoms with E-state index in [0.29, 0.717) is 24.3 Å². The number of aromatic hydroxyl groups is 1. The second kappa shape index (κ2) is 20.0. The van der Waals surface area contributed by atoms with E-state index in [2.05, 4.69) is 29.8 Å². The molecule has 2 aliphatic rings.